The standard InChI is InChI=1S/C34H52N3O13/c38-17-8-9-29(34(44)45)37-32(41)26-49-24-22-47-20-16-36-31(40)25-48-23-21-46-19-15-35-30(39)10-6-4-2-1-3-5-7-18-50-28-13-11-27(12-14-28)33(42)43/h11-14,29H,1-10,15-16,18-26H2,(H,35,39)(H,36,40)(H,37,41)(H,42,43)(H,44,45)/t29-/m0/s1. The van der Waals surface area contributed by atoms with Crippen LogP contribution in [0.25, 0.3) is 0 Å². The molecule has 0 aliphatic carbocycles. The van der Waals surface area contributed by atoms with Gasteiger partial charge in [-0.05, 0) is 43.5 Å². The molecule has 3 amide bonds. The number of aromatic carboxylic acids is 1. The second-order valence-electron chi connectivity index (χ2n) is 11.1. The number of hydrogen-bond donors (Lipinski definition) is 5. The molecule has 1 aromatic rings. The number of carbonyl (C=O) groups is 5. The number of carboxylic acids is 2. The Morgan fingerprint density at radius 1 is 0.640 bits per heavy atom. The number of aliphatic carboxylic acids is 1. The molecule has 0 heterocycles. The van der Waals surface area contributed by atoms with Gasteiger partial charge in [-0.15, -0.1) is 0 Å². The van der Waals surface area contributed by atoms with Gasteiger partial charge in [0, 0.05) is 25.9 Å². The number of nitrogens with one attached hydrogen (secondary N) is 3. The zero-order valence-electron chi connectivity index (χ0n) is 28.6. The number of carbonyl (C=O) groups excluding carboxylic acids is 4. The molecule has 0 fully saturated rings. The van der Waals surface area contributed by atoms with Gasteiger partial charge in [-0.1, -0.05) is 32.1 Å². The highest BCUT2D eigenvalue weighted by Gasteiger charge is 2.19. The van der Waals surface area contributed by atoms with Crippen LogP contribution >= 0.6 is 0 Å². The molecule has 16 heteroatoms. The number of benzene rings is 1. The summed E-state index contributed by atoms with van der Waals surface area (Å²) in [5, 5.41) is 25.6. The Morgan fingerprint density at radius 2 is 1.18 bits per heavy atom. The summed E-state index contributed by atoms with van der Waals surface area (Å²) in [6.07, 6.45) is 9.00. The summed E-state index contributed by atoms with van der Waals surface area (Å²) < 4.78 is 26.7. The van der Waals surface area contributed by atoms with Gasteiger partial charge >= 0.3 is 11.9 Å². The minimum atomic E-state index is -1.25. The van der Waals surface area contributed by atoms with Crippen molar-refractivity contribution < 1.29 is 62.7 Å². The number of ether oxygens (including phenoxy) is 5. The van der Waals surface area contributed by atoms with Gasteiger partial charge in [-0.2, -0.15) is 0 Å². The van der Waals surface area contributed by atoms with Crippen LogP contribution in [-0.4, -0.2) is 125 Å². The van der Waals surface area contributed by atoms with E-state index in [1.807, 2.05) is 0 Å². The summed E-state index contributed by atoms with van der Waals surface area (Å²) in [4.78, 5) is 67.6. The lowest BCUT2D eigenvalue weighted by atomic mass is 10.1. The smallest absolute Gasteiger partial charge is 0.335 e. The maximum absolute atomic E-state index is 12.0. The van der Waals surface area contributed by atoms with E-state index in [2.05, 4.69) is 16.0 Å². The zero-order valence-corrected chi connectivity index (χ0v) is 28.6. The van der Waals surface area contributed by atoms with Crippen LogP contribution in [0.15, 0.2) is 24.3 Å². The molecule has 1 atom stereocenters. The fourth-order valence-electron chi connectivity index (χ4n) is 4.29. The molecule has 16 nitrogen and oxygen atoms in total. The summed E-state index contributed by atoms with van der Waals surface area (Å²) in [5.41, 5.74) is 0.237. The molecule has 0 aromatic heterocycles. The van der Waals surface area contributed by atoms with Crippen LogP contribution in [0.3, 0.4) is 0 Å². The summed E-state index contributed by atoms with van der Waals surface area (Å²) in [6.45, 7) is 2.06. The van der Waals surface area contributed by atoms with Crippen molar-refractivity contribution in [2.75, 3.05) is 72.6 Å². The molecule has 0 bridgehead atoms. The minimum absolute atomic E-state index is 0.00714. The Balaban J connectivity index is 1.83. The van der Waals surface area contributed by atoms with Gasteiger partial charge in [-0.25, -0.2) is 9.59 Å². The minimum Gasteiger partial charge on any atom is -0.494 e. The Hall–Kier alpha value is -4.12. The number of hydrogen-bond acceptors (Lipinski definition) is 11. The van der Waals surface area contributed by atoms with E-state index in [0.717, 1.165) is 44.9 Å². The lowest BCUT2D eigenvalue weighted by Gasteiger charge is -2.13. The van der Waals surface area contributed by atoms with E-state index < -0.39 is 23.9 Å². The van der Waals surface area contributed by atoms with E-state index in [0.29, 0.717) is 31.9 Å². The van der Waals surface area contributed by atoms with Gasteiger partial charge in [0.1, 0.15) is 25.0 Å². The number of rotatable bonds is 33. The lowest BCUT2D eigenvalue weighted by molar-refractivity contribution is -0.142. The molecular formula is C34H52N3O13. The molecule has 0 saturated carbocycles. The van der Waals surface area contributed by atoms with Crippen LogP contribution in [-0.2, 0) is 42.9 Å². The van der Waals surface area contributed by atoms with Gasteiger partial charge in [-0.3, -0.25) is 19.2 Å². The van der Waals surface area contributed by atoms with Crippen molar-refractivity contribution in [3.05, 3.63) is 29.8 Å². The Kier molecular flexibility index (Phi) is 26.1. The van der Waals surface area contributed by atoms with Crippen molar-refractivity contribution in [3.8, 4) is 5.75 Å². The largest absolute Gasteiger partial charge is 0.494 e. The third-order valence-corrected chi connectivity index (χ3v) is 6.93. The predicted molar refractivity (Wildman–Crippen MR) is 180 cm³/mol. The molecule has 0 aliphatic rings. The van der Waals surface area contributed by atoms with Gasteiger partial charge in [0.15, 0.2) is 6.29 Å². The van der Waals surface area contributed by atoms with Crippen LogP contribution < -0.4 is 20.7 Å². The molecule has 281 valence electrons. The van der Waals surface area contributed by atoms with Crippen molar-refractivity contribution >= 4 is 35.9 Å². The first-order chi connectivity index (χ1) is 24.2. The Morgan fingerprint density at radius 3 is 1.76 bits per heavy atom. The summed E-state index contributed by atoms with van der Waals surface area (Å²) in [5.74, 6) is -2.48. The molecule has 1 aromatic carbocycles. The van der Waals surface area contributed by atoms with Crippen molar-refractivity contribution in [1.82, 2.24) is 16.0 Å². The molecule has 1 radical (unpaired) electrons. The van der Waals surface area contributed by atoms with Crippen LogP contribution in [0, 0.1) is 0 Å². The van der Waals surface area contributed by atoms with Crippen molar-refractivity contribution in [2.24, 2.45) is 0 Å². The van der Waals surface area contributed by atoms with Crippen molar-refractivity contribution in [2.45, 2.75) is 70.3 Å². The first kappa shape index (κ1) is 43.9. The van der Waals surface area contributed by atoms with E-state index in [-0.39, 0.29) is 83.0 Å². The Bertz CT molecular complexity index is 1120. The van der Waals surface area contributed by atoms with Crippen molar-refractivity contribution in [1.29, 1.82) is 0 Å². The number of carboxylic acid groups (broad SMARTS) is 2. The lowest BCUT2D eigenvalue weighted by Crippen LogP contribution is -2.42. The fraction of sp³-hybridized carbons (Fsp3) is 0.647. The summed E-state index contributed by atoms with van der Waals surface area (Å²) in [6, 6.07) is 5.20. The second-order valence-corrected chi connectivity index (χ2v) is 11.1. The monoisotopic (exact) mass is 710 g/mol. The van der Waals surface area contributed by atoms with E-state index in [4.69, 9.17) is 33.9 Å². The average Bonchev–Trinajstić information content (AvgIpc) is 3.09. The first-order valence-electron chi connectivity index (χ1n) is 16.9. The van der Waals surface area contributed by atoms with E-state index >= 15 is 0 Å². The van der Waals surface area contributed by atoms with E-state index in [1.165, 1.54) is 12.1 Å². The SMILES string of the molecule is O=[C]CC[C@H](NC(=O)COCCOCCNC(=O)COCCOCCNC(=O)CCCCCCCCCOc1ccc(C(=O)O)cc1)C(=O)O. The maximum Gasteiger partial charge on any atom is 0.335 e. The van der Waals surface area contributed by atoms with Gasteiger partial charge in [0.05, 0.1) is 51.8 Å². The molecule has 50 heavy (non-hydrogen) atoms. The number of amides is 3. The number of unbranched alkanes of at least 4 members (excludes halogenated alkanes) is 6. The van der Waals surface area contributed by atoms with E-state index in [1.54, 1.807) is 18.4 Å². The van der Waals surface area contributed by atoms with Crippen molar-refractivity contribution in [3.63, 3.8) is 0 Å². The van der Waals surface area contributed by atoms with Crippen LogP contribution in [0.5, 0.6) is 5.75 Å². The van der Waals surface area contributed by atoms with Gasteiger partial charge < -0.3 is 49.8 Å². The molecule has 0 spiro atoms. The average molecular weight is 711 g/mol. The predicted octanol–water partition coefficient (Wildman–Crippen LogP) is 1.64. The Labute approximate surface area is 292 Å². The maximum atomic E-state index is 12.0. The van der Waals surface area contributed by atoms with Crippen LogP contribution in [0.1, 0.15) is 74.6 Å². The second kappa shape index (κ2) is 29.8. The molecule has 1 rings (SSSR count). The highest BCUT2D eigenvalue weighted by atomic mass is 16.5. The molecule has 5 N–H and O–H groups in total. The summed E-state index contributed by atoms with van der Waals surface area (Å²) in [7, 11) is 0. The first-order valence-corrected chi connectivity index (χ1v) is 16.9. The van der Waals surface area contributed by atoms with Crippen LogP contribution in [0.2, 0.25) is 0 Å². The fourth-order valence-corrected chi connectivity index (χ4v) is 4.29. The topological polar surface area (TPSA) is 225 Å². The molecular weight excluding hydrogens is 658 g/mol. The third-order valence-electron chi connectivity index (χ3n) is 6.93. The zero-order chi connectivity index (χ0) is 36.7. The highest BCUT2D eigenvalue weighted by molar-refractivity contribution is 5.87. The molecule has 0 saturated heterocycles. The normalized spacial score (nSPS) is 11.4. The van der Waals surface area contributed by atoms with E-state index in [9.17, 15) is 28.8 Å². The van der Waals surface area contributed by atoms with Gasteiger partial charge in [0.25, 0.3) is 0 Å². The third kappa shape index (κ3) is 24.9. The van der Waals surface area contributed by atoms with Gasteiger partial charge in [0.2, 0.25) is 17.7 Å². The summed E-state index contributed by atoms with van der Waals surface area (Å²) >= 11 is 0. The van der Waals surface area contributed by atoms with Crippen LogP contribution in [0.4, 0.5) is 0 Å². The molecule has 0 unspecified atom stereocenters. The molecule has 0 aliphatic heterocycles. The quantitative estimate of drug-likeness (QED) is 0.0655. The highest BCUT2D eigenvalue weighted by Crippen LogP contribution is 2.14.